The molecule has 0 unspecified atom stereocenters. The van der Waals surface area contributed by atoms with E-state index in [9.17, 15) is 18.0 Å². The van der Waals surface area contributed by atoms with Gasteiger partial charge in [-0.15, -0.1) is 0 Å². The van der Waals surface area contributed by atoms with Crippen LogP contribution in [0.2, 0.25) is 0 Å². The smallest absolute Gasteiger partial charge is 0.344 e. The second kappa shape index (κ2) is 8.45. The van der Waals surface area contributed by atoms with E-state index in [1.807, 2.05) is 26.0 Å². The standard InChI is InChI=1S/C21H29NO7S/c1-5-22(16-9-10-30(25,26)13-16)20(24)14(2)28-18(23)12-27-17-8-6-7-15-11-21(3,4)29-19(15)17/h6-8,14,16H,5,9-13H2,1-4H3/t14-,16+/m1/s1. The number of benzene rings is 1. The highest BCUT2D eigenvalue weighted by atomic mass is 32.2. The summed E-state index contributed by atoms with van der Waals surface area (Å²) < 4.78 is 40.2. The Bertz CT molecular complexity index is 925. The second-order valence-corrected chi connectivity index (χ2v) is 10.6. The third-order valence-electron chi connectivity index (χ3n) is 5.33. The Morgan fingerprint density at radius 1 is 1.33 bits per heavy atom. The van der Waals surface area contributed by atoms with E-state index in [2.05, 4.69) is 0 Å². The number of rotatable bonds is 7. The lowest BCUT2D eigenvalue weighted by atomic mass is 10.0. The number of nitrogens with zero attached hydrogens (tertiary/aromatic N) is 1. The van der Waals surface area contributed by atoms with Crippen LogP contribution in [0.5, 0.6) is 11.5 Å². The van der Waals surface area contributed by atoms with Gasteiger partial charge in [0.15, 0.2) is 34.0 Å². The maximum absolute atomic E-state index is 12.7. The van der Waals surface area contributed by atoms with Crippen molar-refractivity contribution in [3.63, 3.8) is 0 Å². The number of para-hydroxylation sites is 1. The number of carbonyl (C=O) groups is 2. The Morgan fingerprint density at radius 3 is 2.70 bits per heavy atom. The van der Waals surface area contributed by atoms with Gasteiger partial charge in [0.25, 0.3) is 5.91 Å². The van der Waals surface area contributed by atoms with Crippen LogP contribution >= 0.6 is 0 Å². The summed E-state index contributed by atoms with van der Waals surface area (Å²) in [5.74, 6) is 0.0223. The number of carbonyl (C=O) groups excluding carboxylic acids is 2. The lowest BCUT2D eigenvalue weighted by Gasteiger charge is -2.29. The van der Waals surface area contributed by atoms with Crippen molar-refractivity contribution in [1.82, 2.24) is 4.90 Å². The quantitative estimate of drug-likeness (QED) is 0.597. The third-order valence-corrected chi connectivity index (χ3v) is 7.08. The van der Waals surface area contributed by atoms with Gasteiger partial charge in [0, 0.05) is 24.6 Å². The SMILES string of the molecule is CCN(C(=O)[C@@H](C)OC(=O)COc1cccc2c1OC(C)(C)C2)[C@H]1CCS(=O)(=O)C1. The zero-order valence-electron chi connectivity index (χ0n) is 17.8. The van der Waals surface area contributed by atoms with Crippen molar-refractivity contribution >= 4 is 21.7 Å². The van der Waals surface area contributed by atoms with Crippen molar-refractivity contribution in [2.45, 2.75) is 58.3 Å². The van der Waals surface area contributed by atoms with Gasteiger partial charge in [0.1, 0.15) is 5.60 Å². The van der Waals surface area contributed by atoms with Crippen molar-refractivity contribution in [2.24, 2.45) is 0 Å². The van der Waals surface area contributed by atoms with E-state index >= 15 is 0 Å². The molecule has 1 aromatic carbocycles. The molecule has 0 aromatic heterocycles. The maximum atomic E-state index is 12.7. The van der Waals surface area contributed by atoms with Gasteiger partial charge in [-0.05, 0) is 40.2 Å². The number of amides is 1. The molecule has 2 aliphatic heterocycles. The number of esters is 1. The number of fused-ring (bicyclic) bond motifs is 1. The van der Waals surface area contributed by atoms with E-state index < -0.39 is 27.8 Å². The molecule has 2 heterocycles. The van der Waals surface area contributed by atoms with Crippen molar-refractivity contribution in [3.8, 4) is 11.5 Å². The monoisotopic (exact) mass is 439 g/mol. The number of sulfone groups is 1. The zero-order valence-corrected chi connectivity index (χ0v) is 18.7. The Hall–Kier alpha value is -2.29. The van der Waals surface area contributed by atoms with Gasteiger partial charge in [-0.2, -0.15) is 0 Å². The average Bonchev–Trinajstić information content (AvgIpc) is 3.17. The first-order valence-electron chi connectivity index (χ1n) is 10.2. The van der Waals surface area contributed by atoms with E-state index in [4.69, 9.17) is 14.2 Å². The fourth-order valence-corrected chi connectivity index (χ4v) is 5.70. The first-order valence-corrected chi connectivity index (χ1v) is 12.0. The summed E-state index contributed by atoms with van der Waals surface area (Å²) in [5.41, 5.74) is 0.681. The summed E-state index contributed by atoms with van der Waals surface area (Å²) >= 11 is 0. The molecule has 9 heteroatoms. The van der Waals surface area contributed by atoms with E-state index in [1.165, 1.54) is 11.8 Å². The lowest BCUT2D eigenvalue weighted by molar-refractivity contribution is -0.161. The summed E-state index contributed by atoms with van der Waals surface area (Å²) in [6, 6.07) is 5.14. The summed E-state index contributed by atoms with van der Waals surface area (Å²) in [7, 11) is -3.12. The van der Waals surface area contributed by atoms with Crippen LogP contribution in [0.1, 0.15) is 39.7 Å². The molecule has 2 atom stereocenters. The van der Waals surface area contributed by atoms with Gasteiger partial charge in [-0.1, -0.05) is 12.1 Å². The van der Waals surface area contributed by atoms with Crippen LogP contribution < -0.4 is 9.47 Å². The second-order valence-electron chi connectivity index (χ2n) is 8.38. The predicted molar refractivity (Wildman–Crippen MR) is 110 cm³/mol. The topological polar surface area (TPSA) is 99.2 Å². The average molecular weight is 440 g/mol. The van der Waals surface area contributed by atoms with Gasteiger partial charge in [-0.3, -0.25) is 4.79 Å². The van der Waals surface area contributed by atoms with Gasteiger partial charge < -0.3 is 19.1 Å². The van der Waals surface area contributed by atoms with Gasteiger partial charge >= 0.3 is 5.97 Å². The molecule has 2 aliphatic rings. The molecule has 0 saturated carbocycles. The van der Waals surface area contributed by atoms with E-state index in [0.29, 0.717) is 24.5 Å². The van der Waals surface area contributed by atoms with Crippen LogP contribution in [0.3, 0.4) is 0 Å². The van der Waals surface area contributed by atoms with E-state index in [-0.39, 0.29) is 29.8 Å². The first kappa shape index (κ1) is 22.4. The molecule has 1 aromatic rings. The number of likely N-dealkylation sites (N-methyl/N-ethyl adjacent to an activating group) is 1. The fourth-order valence-electron chi connectivity index (χ4n) is 3.97. The Labute approximate surface area is 177 Å². The molecular formula is C21H29NO7S. The minimum Gasteiger partial charge on any atom is -0.483 e. The van der Waals surface area contributed by atoms with E-state index in [0.717, 1.165) is 12.0 Å². The van der Waals surface area contributed by atoms with Gasteiger partial charge in [0.2, 0.25) is 0 Å². The van der Waals surface area contributed by atoms with Crippen LogP contribution in [-0.4, -0.2) is 67.6 Å². The summed E-state index contributed by atoms with van der Waals surface area (Å²) in [6.45, 7) is 7.21. The summed E-state index contributed by atoms with van der Waals surface area (Å²) in [6.07, 6.45) is 0.126. The highest BCUT2D eigenvalue weighted by molar-refractivity contribution is 7.91. The van der Waals surface area contributed by atoms with Gasteiger partial charge in [0.05, 0.1) is 11.5 Å². The minimum absolute atomic E-state index is 0.0498. The molecule has 1 fully saturated rings. The first-order chi connectivity index (χ1) is 14.0. The van der Waals surface area contributed by atoms with Crippen molar-refractivity contribution in [2.75, 3.05) is 24.7 Å². The molecule has 0 spiro atoms. The number of hydrogen-bond acceptors (Lipinski definition) is 7. The molecule has 1 saturated heterocycles. The van der Waals surface area contributed by atoms with Crippen LogP contribution in [0.4, 0.5) is 0 Å². The van der Waals surface area contributed by atoms with Crippen molar-refractivity contribution in [1.29, 1.82) is 0 Å². The lowest BCUT2D eigenvalue weighted by Crippen LogP contribution is -2.46. The molecule has 3 rings (SSSR count). The fraction of sp³-hybridized carbons (Fsp3) is 0.619. The Balaban J connectivity index is 1.55. The van der Waals surface area contributed by atoms with Crippen molar-refractivity contribution in [3.05, 3.63) is 23.8 Å². The Morgan fingerprint density at radius 2 is 2.07 bits per heavy atom. The predicted octanol–water partition coefficient (Wildman–Crippen LogP) is 1.75. The third kappa shape index (κ3) is 5.06. The maximum Gasteiger partial charge on any atom is 0.344 e. The number of ether oxygens (including phenoxy) is 3. The van der Waals surface area contributed by atoms with Crippen LogP contribution in [0.25, 0.3) is 0 Å². The molecule has 0 bridgehead atoms. The highest BCUT2D eigenvalue weighted by Crippen LogP contribution is 2.41. The van der Waals surface area contributed by atoms with Crippen LogP contribution in [-0.2, 0) is 30.6 Å². The zero-order chi connectivity index (χ0) is 22.1. The normalized spacial score (nSPS) is 21.9. The molecule has 0 radical (unpaired) electrons. The summed E-state index contributed by atoms with van der Waals surface area (Å²) in [5, 5.41) is 0. The Kier molecular flexibility index (Phi) is 6.31. The number of hydrogen-bond donors (Lipinski definition) is 0. The van der Waals surface area contributed by atoms with Gasteiger partial charge in [-0.25, -0.2) is 13.2 Å². The molecule has 0 aliphatic carbocycles. The molecule has 0 N–H and O–H groups in total. The van der Waals surface area contributed by atoms with Crippen molar-refractivity contribution < 1.29 is 32.2 Å². The minimum atomic E-state index is -3.12. The summed E-state index contributed by atoms with van der Waals surface area (Å²) in [4.78, 5) is 26.4. The molecule has 30 heavy (non-hydrogen) atoms. The largest absolute Gasteiger partial charge is 0.483 e. The molecule has 166 valence electrons. The highest BCUT2D eigenvalue weighted by Gasteiger charge is 2.36. The molecular weight excluding hydrogens is 410 g/mol. The van der Waals surface area contributed by atoms with Crippen LogP contribution in [0.15, 0.2) is 18.2 Å². The van der Waals surface area contributed by atoms with Crippen LogP contribution in [0, 0.1) is 0 Å². The molecule has 8 nitrogen and oxygen atoms in total. The molecule has 1 amide bonds. The van der Waals surface area contributed by atoms with E-state index in [1.54, 1.807) is 13.0 Å².